The zero-order valence-electron chi connectivity index (χ0n) is 12.8. The van der Waals surface area contributed by atoms with Crippen LogP contribution in [0.15, 0.2) is 48.8 Å². The zero-order chi connectivity index (χ0) is 15.9. The van der Waals surface area contributed by atoms with Crippen LogP contribution in [0.3, 0.4) is 0 Å². The zero-order valence-corrected chi connectivity index (χ0v) is 12.8. The number of likely N-dealkylation sites (N-methyl/N-ethyl adjacent to an activating group) is 1. The molecule has 22 heavy (non-hydrogen) atoms. The smallest absolute Gasteiger partial charge is 0.242 e. The third kappa shape index (κ3) is 4.36. The van der Waals surface area contributed by atoms with Crippen LogP contribution >= 0.6 is 0 Å². The minimum Gasteiger partial charge on any atom is -0.354 e. The molecule has 116 valence electrons. The lowest BCUT2D eigenvalue weighted by Gasteiger charge is -2.23. The summed E-state index contributed by atoms with van der Waals surface area (Å²) in [6, 6.07) is 9.64. The van der Waals surface area contributed by atoms with Gasteiger partial charge in [-0.15, -0.1) is 0 Å². The summed E-state index contributed by atoms with van der Waals surface area (Å²) in [5.74, 6) is -0.322. The predicted molar refractivity (Wildman–Crippen MR) is 83.8 cm³/mol. The molecule has 1 atom stereocenters. The summed E-state index contributed by atoms with van der Waals surface area (Å²) in [5, 5.41) is 2.92. The van der Waals surface area contributed by atoms with Gasteiger partial charge in [-0.05, 0) is 49.8 Å². The molecule has 1 N–H and O–H groups in total. The SMILES string of the molecule is CN(C)C(C(=O)NCCc1ccc(F)cc1)c1cccnc1. The van der Waals surface area contributed by atoms with E-state index in [9.17, 15) is 9.18 Å². The number of hydrogen-bond acceptors (Lipinski definition) is 3. The fourth-order valence-electron chi connectivity index (χ4n) is 2.30. The minimum atomic E-state index is -0.373. The van der Waals surface area contributed by atoms with E-state index in [1.165, 1.54) is 12.1 Å². The van der Waals surface area contributed by atoms with Gasteiger partial charge in [-0.25, -0.2) is 4.39 Å². The highest BCUT2D eigenvalue weighted by Crippen LogP contribution is 2.16. The first kappa shape index (κ1) is 16.1. The van der Waals surface area contributed by atoms with Crippen LogP contribution in [-0.4, -0.2) is 36.4 Å². The van der Waals surface area contributed by atoms with Gasteiger partial charge in [-0.3, -0.25) is 14.7 Å². The quantitative estimate of drug-likeness (QED) is 0.889. The predicted octanol–water partition coefficient (Wildman–Crippen LogP) is 2.18. The number of carbonyl (C=O) groups is 1. The van der Waals surface area contributed by atoms with Crippen LogP contribution in [-0.2, 0) is 11.2 Å². The van der Waals surface area contributed by atoms with Crippen molar-refractivity contribution >= 4 is 5.91 Å². The van der Waals surface area contributed by atoms with E-state index in [1.54, 1.807) is 24.5 Å². The second-order valence-corrected chi connectivity index (χ2v) is 5.32. The van der Waals surface area contributed by atoms with Gasteiger partial charge >= 0.3 is 0 Å². The highest BCUT2D eigenvalue weighted by atomic mass is 19.1. The minimum absolute atomic E-state index is 0.0693. The van der Waals surface area contributed by atoms with Gasteiger partial charge < -0.3 is 5.32 Å². The lowest BCUT2D eigenvalue weighted by molar-refractivity contribution is -0.125. The van der Waals surface area contributed by atoms with Crippen LogP contribution in [0.5, 0.6) is 0 Å². The monoisotopic (exact) mass is 301 g/mol. The number of halogens is 1. The Labute approximate surface area is 130 Å². The van der Waals surface area contributed by atoms with Crippen molar-refractivity contribution in [3.8, 4) is 0 Å². The molecule has 4 nitrogen and oxygen atoms in total. The molecular weight excluding hydrogens is 281 g/mol. The molecule has 0 saturated carbocycles. The standard InChI is InChI=1S/C17H20FN3O/c1-21(2)16(14-4-3-10-19-12-14)17(22)20-11-9-13-5-7-15(18)8-6-13/h3-8,10,12,16H,9,11H2,1-2H3,(H,20,22). The third-order valence-corrected chi connectivity index (χ3v) is 3.39. The number of pyridine rings is 1. The van der Waals surface area contributed by atoms with Crippen molar-refractivity contribution in [2.24, 2.45) is 0 Å². The summed E-state index contributed by atoms with van der Waals surface area (Å²) in [6.07, 6.45) is 4.05. The van der Waals surface area contributed by atoms with Crippen molar-refractivity contribution in [3.63, 3.8) is 0 Å². The molecule has 1 amide bonds. The van der Waals surface area contributed by atoms with E-state index in [4.69, 9.17) is 0 Å². The lowest BCUT2D eigenvalue weighted by Crippen LogP contribution is -2.38. The normalized spacial score (nSPS) is 12.2. The van der Waals surface area contributed by atoms with E-state index in [0.29, 0.717) is 13.0 Å². The maximum Gasteiger partial charge on any atom is 0.242 e. The summed E-state index contributed by atoms with van der Waals surface area (Å²) in [5.41, 5.74) is 1.84. The van der Waals surface area contributed by atoms with Crippen LogP contribution in [0.25, 0.3) is 0 Å². The van der Waals surface area contributed by atoms with E-state index in [0.717, 1.165) is 11.1 Å². The van der Waals surface area contributed by atoms with Gasteiger partial charge in [0, 0.05) is 18.9 Å². The van der Waals surface area contributed by atoms with Gasteiger partial charge in [0.05, 0.1) is 0 Å². The largest absolute Gasteiger partial charge is 0.354 e. The van der Waals surface area contributed by atoms with Crippen molar-refractivity contribution in [2.75, 3.05) is 20.6 Å². The molecule has 0 fully saturated rings. The number of rotatable bonds is 6. The van der Waals surface area contributed by atoms with Crippen molar-refractivity contribution in [2.45, 2.75) is 12.5 Å². The van der Waals surface area contributed by atoms with Crippen LogP contribution < -0.4 is 5.32 Å². The Hall–Kier alpha value is -2.27. The number of nitrogens with zero attached hydrogens (tertiary/aromatic N) is 2. The molecule has 1 aromatic carbocycles. The molecule has 0 aliphatic carbocycles. The van der Waals surface area contributed by atoms with E-state index in [-0.39, 0.29) is 17.8 Å². The Balaban J connectivity index is 1.93. The fourth-order valence-corrected chi connectivity index (χ4v) is 2.30. The highest BCUT2D eigenvalue weighted by Gasteiger charge is 2.22. The average molecular weight is 301 g/mol. The van der Waals surface area contributed by atoms with Gasteiger partial charge in [0.15, 0.2) is 0 Å². The Kier molecular flexibility index (Phi) is 5.61. The molecule has 0 aliphatic heterocycles. The summed E-state index contributed by atoms with van der Waals surface area (Å²) in [4.78, 5) is 18.3. The summed E-state index contributed by atoms with van der Waals surface area (Å²) < 4.78 is 12.8. The molecule has 2 rings (SSSR count). The Morgan fingerprint density at radius 1 is 1.27 bits per heavy atom. The molecule has 1 unspecified atom stereocenters. The van der Waals surface area contributed by atoms with Gasteiger partial charge in [0.2, 0.25) is 5.91 Å². The average Bonchev–Trinajstić information content (AvgIpc) is 2.50. The van der Waals surface area contributed by atoms with E-state index in [1.807, 2.05) is 31.1 Å². The van der Waals surface area contributed by atoms with Gasteiger partial charge in [-0.2, -0.15) is 0 Å². The molecule has 1 aromatic heterocycles. The number of amides is 1. The van der Waals surface area contributed by atoms with Crippen LogP contribution in [0.1, 0.15) is 17.2 Å². The molecule has 0 spiro atoms. The number of benzene rings is 1. The first-order chi connectivity index (χ1) is 10.6. The first-order valence-electron chi connectivity index (χ1n) is 7.16. The third-order valence-electron chi connectivity index (χ3n) is 3.39. The molecule has 0 bridgehead atoms. The molecule has 0 saturated heterocycles. The number of hydrogen-bond donors (Lipinski definition) is 1. The number of carbonyl (C=O) groups excluding carboxylic acids is 1. The van der Waals surface area contributed by atoms with Gasteiger partial charge in [0.1, 0.15) is 11.9 Å². The van der Waals surface area contributed by atoms with Crippen molar-refractivity contribution in [1.82, 2.24) is 15.2 Å². The summed E-state index contributed by atoms with van der Waals surface area (Å²) in [6.45, 7) is 0.509. The number of aromatic nitrogens is 1. The molecule has 2 aromatic rings. The Morgan fingerprint density at radius 3 is 2.59 bits per heavy atom. The summed E-state index contributed by atoms with van der Waals surface area (Å²) in [7, 11) is 3.72. The molecule has 0 radical (unpaired) electrons. The Bertz CT molecular complexity index is 599. The number of nitrogens with one attached hydrogen (secondary N) is 1. The summed E-state index contributed by atoms with van der Waals surface area (Å²) >= 11 is 0. The first-order valence-corrected chi connectivity index (χ1v) is 7.16. The second-order valence-electron chi connectivity index (χ2n) is 5.32. The molecule has 5 heteroatoms. The van der Waals surface area contributed by atoms with Crippen molar-refractivity contribution in [1.29, 1.82) is 0 Å². The topological polar surface area (TPSA) is 45.2 Å². The molecule has 0 aliphatic rings. The Morgan fingerprint density at radius 2 is 2.00 bits per heavy atom. The van der Waals surface area contributed by atoms with E-state index >= 15 is 0 Å². The lowest BCUT2D eigenvalue weighted by atomic mass is 10.1. The fraction of sp³-hybridized carbons (Fsp3) is 0.294. The van der Waals surface area contributed by atoms with Gasteiger partial charge in [0.25, 0.3) is 0 Å². The molecular formula is C17H20FN3O. The van der Waals surface area contributed by atoms with Gasteiger partial charge in [-0.1, -0.05) is 18.2 Å². The van der Waals surface area contributed by atoms with Crippen molar-refractivity contribution < 1.29 is 9.18 Å². The van der Waals surface area contributed by atoms with Crippen LogP contribution in [0.2, 0.25) is 0 Å². The van der Waals surface area contributed by atoms with Crippen molar-refractivity contribution in [3.05, 3.63) is 65.7 Å². The van der Waals surface area contributed by atoms with E-state index in [2.05, 4.69) is 10.3 Å². The van der Waals surface area contributed by atoms with E-state index < -0.39 is 0 Å². The maximum absolute atomic E-state index is 12.8. The second kappa shape index (κ2) is 7.66. The maximum atomic E-state index is 12.8. The molecule has 1 heterocycles. The highest BCUT2D eigenvalue weighted by molar-refractivity contribution is 5.83. The van der Waals surface area contributed by atoms with Crippen LogP contribution in [0.4, 0.5) is 4.39 Å². The van der Waals surface area contributed by atoms with Crippen LogP contribution in [0, 0.1) is 5.82 Å².